The standard InChI is InChI=1S/C15H15N3O5/c1-22-11-4-2-10(3-5-11)18-7-12(19)14(17-18)15(21)16-9-6-13(20)23-8-9/h2-5,7,9,19H,6,8H2,1H3,(H,16,21)/t9-/m0/s1. The molecule has 1 atom stereocenters. The maximum absolute atomic E-state index is 12.1. The van der Waals surface area contributed by atoms with Crippen molar-refractivity contribution < 1.29 is 24.2 Å². The Hall–Kier alpha value is -3.03. The van der Waals surface area contributed by atoms with Gasteiger partial charge in [0.2, 0.25) is 0 Å². The third-order valence-electron chi connectivity index (χ3n) is 3.44. The van der Waals surface area contributed by atoms with Gasteiger partial charge in [-0.25, -0.2) is 4.68 Å². The number of carbonyl (C=O) groups is 2. The van der Waals surface area contributed by atoms with E-state index in [2.05, 4.69) is 10.4 Å². The molecule has 0 aliphatic carbocycles. The molecule has 2 N–H and O–H groups in total. The highest BCUT2D eigenvalue weighted by atomic mass is 16.5. The molecule has 1 aromatic heterocycles. The number of hydrogen-bond acceptors (Lipinski definition) is 6. The van der Waals surface area contributed by atoms with E-state index in [9.17, 15) is 14.7 Å². The summed E-state index contributed by atoms with van der Waals surface area (Å²) in [6, 6.07) is 6.58. The summed E-state index contributed by atoms with van der Waals surface area (Å²) in [6.45, 7) is 0.129. The molecule has 0 bridgehead atoms. The predicted molar refractivity (Wildman–Crippen MR) is 78.6 cm³/mol. The van der Waals surface area contributed by atoms with Gasteiger partial charge in [0.15, 0.2) is 11.4 Å². The lowest BCUT2D eigenvalue weighted by Gasteiger charge is -2.07. The molecule has 1 amide bonds. The summed E-state index contributed by atoms with van der Waals surface area (Å²) in [4.78, 5) is 23.2. The molecule has 1 fully saturated rings. The van der Waals surface area contributed by atoms with E-state index in [1.54, 1.807) is 31.4 Å². The quantitative estimate of drug-likeness (QED) is 0.802. The van der Waals surface area contributed by atoms with Crippen LogP contribution in [0.25, 0.3) is 5.69 Å². The fraction of sp³-hybridized carbons (Fsp3) is 0.267. The molecule has 0 spiro atoms. The summed E-state index contributed by atoms with van der Waals surface area (Å²) in [5.74, 6) is -0.473. The van der Waals surface area contributed by atoms with Crippen molar-refractivity contribution >= 4 is 11.9 Å². The number of aromatic nitrogens is 2. The number of hydrogen-bond donors (Lipinski definition) is 2. The van der Waals surface area contributed by atoms with E-state index in [-0.39, 0.29) is 30.4 Å². The van der Waals surface area contributed by atoms with Crippen LogP contribution in [-0.2, 0) is 9.53 Å². The Morgan fingerprint density at radius 1 is 1.43 bits per heavy atom. The Morgan fingerprint density at radius 3 is 2.78 bits per heavy atom. The number of cyclic esters (lactones) is 1. The first kappa shape index (κ1) is 14.9. The topological polar surface area (TPSA) is 103 Å². The van der Waals surface area contributed by atoms with Crippen molar-refractivity contribution in [2.24, 2.45) is 0 Å². The number of aromatic hydroxyl groups is 1. The van der Waals surface area contributed by atoms with Gasteiger partial charge in [-0.3, -0.25) is 9.59 Å². The Morgan fingerprint density at radius 2 is 2.17 bits per heavy atom. The summed E-state index contributed by atoms with van der Waals surface area (Å²) >= 11 is 0. The first-order chi connectivity index (χ1) is 11.1. The lowest BCUT2D eigenvalue weighted by Crippen LogP contribution is -2.35. The molecule has 2 heterocycles. The van der Waals surface area contributed by atoms with E-state index in [1.807, 2.05) is 0 Å². The second kappa shape index (κ2) is 5.99. The van der Waals surface area contributed by atoms with Crippen LogP contribution in [-0.4, -0.2) is 46.5 Å². The molecule has 3 rings (SSSR count). The Bertz CT molecular complexity index is 738. The molecule has 23 heavy (non-hydrogen) atoms. The smallest absolute Gasteiger partial charge is 0.308 e. The highest BCUT2D eigenvalue weighted by Crippen LogP contribution is 2.20. The SMILES string of the molecule is COc1ccc(-n2cc(O)c(C(=O)N[C@@H]3COC(=O)C3)n2)cc1. The van der Waals surface area contributed by atoms with Crippen molar-refractivity contribution in [3.8, 4) is 17.2 Å². The molecule has 1 aliphatic heterocycles. The zero-order chi connectivity index (χ0) is 16.4. The number of methoxy groups -OCH3 is 1. The summed E-state index contributed by atoms with van der Waals surface area (Å²) in [5, 5.41) is 16.6. The molecule has 1 saturated heterocycles. The van der Waals surface area contributed by atoms with Gasteiger partial charge in [0, 0.05) is 0 Å². The lowest BCUT2D eigenvalue weighted by atomic mass is 10.2. The second-order valence-corrected chi connectivity index (χ2v) is 5.06. The zero-order valence-corrected chi connectivity index (χ0v) is 12.4. The molecular weight excluding hydrogens is 302 g/mol. The first-order valence-corrected chi connectivity index (χ1v) is 6.96. The third-order valence-corrected chi connectivity index (χ3v) is 3.44. The van der Waals surface area contributed by atoms with E-state index >= 15 is 0 Å². The fourth-order valence-electron chi connectivity index (χ4n) is 2.25. The number of esters is 1. The van der Waals surface area contributed by atoms with Gasteiger partial charge in [0.1, 0.15) is 12.4 Å². The Labute approximate surface area is 131 Å². The molecule has 0 saturated carbocycles. The maximum Gasteiger partial charge on any atom is 0.308 e. The van der Waals surface area contributed by atoms with Gasteiger partial charge in [0.25, 0.3) is 5.91 Å². The van der Waals surface area contributed by atoms with Crippen LogP contribution in [0.2, 0.25) is 0 Å². The number of carbonyl (C=O) groups excluding carboxylic acids is 2. The molecular formula is C15H15N3O5. The summed E-state index contributed by atoms with van der Waals surface area (Å²) in [5.41, 5.74) is 0.555. The minimum absolute atomic E-state index is 0.111. The van der Waals surface area contributed by atoms with Crippen LogP contribution < -0.4 is 10.1 Å². The van der Waals surface area contributed by atoms with E-state index in [0.29, 0.717) is 11.4 Å². The molecule has 0 unspecified atom stereocenters. The van der Waals surface area contributed by atoms with Gasteiger partial charge in [-0.05, 0) is 24.3 Å². The highest BCUT2D eigenvalue weighted by molar-refractivity contribution is 5.95. The average Bonchev–Trinajstić information content (AvgIpc) is 3.13. The average molecular weight is 317 g/mol. The van der Waals surface area contributed by atoms with Crippen LogP contribution in [0, 0.1) is 0 Å². The van der Waals surface area contributed by atoms with E-state index in [4.69, 9.17) is 9.47 Å². The van der Waals surface area contributed by atoms with Gasteiger partial charge in [0.05, 0.1) is 31.5 Å². The van der Waals surface area contributed by atoms with Crippen LogP contribution in [0.15, 0.2) is 30.5 Å². The van der Waals surface area contributed by atoms with Crippen LogP contribution in [0.1, 0.15) is 16.9 Å². The van der Waals surface area contributed by atoms with Crippen molar-refractivity contribution in [3.05, 3.63) is 36.2 Å². The molecule has 1 aromatic carbocycles. The van der Waals surface area contributed by atoms with Crippen molar-refractivity contribution in [1.29, 1.82) is 0 Å². The van der Waals surface area contributed by atoms with Crippen LogP contribution in [0.5, 0.6) is 11.5 Å². The molecule has 2 aromatic rings. The Kier molecular flexibility index (Phi) is 3.88. The van der Waals surface area contributed by atoms with Crippen LogP contribution in [0.4, 0.5) is 0 Å². The first-order valence-electron chi connectivity index (χ1n) is 6.96. The monoisotopic (exact) mass is 317 g/mol. The van der Waals surface area contributed by atoms with E-state index in [1.165, 1.54) is 10.9 Å². The molecule has 8 nitrogen and oxygen atoms in total. The number of rotatable bonds is 4. The van der Waals surface area contributed by atoms with Crippen molar-refractivity contribution in [3.63, 3.8) is 0 Å². The second-order valence-electron chi connectivity index (χ2n) is 5.06. The van der Waals surface area contributed by atoms with Crippen molar-refractivity contribution in [2.45, 2.75) is 12.5 Å². The number of amides is 1. The number of ether oxygens (including phenoxy) is 2. The predicted octanol–water partition coefficient (Wildman–Crippen LogP) is 0.632. The van der Waals surface area contributed by atoms with Crippen LogP contribution in [0.3, 0.4) is 0 Å². The highest BCUT2D eigenvalue weighted by Gasteiger charge is 2.27. The minimum Gasteiger partial charge on any atom is -0.504 e. The lowest BCUT2D eigenvalue weighted by molar-refractivity contribution is -0.137. The summed E-state index contributed by atoms with van der Waals surface area (Å²) in [6.07, 6.45) is 1.46. The molecule has 0 radical (unpaired) electrons. The number of benzene rings is 1. The van der Waals surface area contributed by atoms with Gasteiger partial charge in [-0.2, -0.15) is 5.10 Å². The van der Waals surface area contributed by atoms with E-state index in [0.717, 1.165) is 0 Å². The van der Waals surface area contributed by atoms with Gasteiger partial charge >= 0.3 is 5.97 Å². The third kappa shape index (κ3) is 3.10. The van der Waals surface area contributed by atoms with Gasteiger partial charge < -0.3 is 19.9 Å². The van der Waals surface area contributed by atoms with Gasteiger partial charge in [-0.15, -0.1) is 0 Å². The maximum atomic E-state index is 12.1. The molecule has 8 heteroatoms. The summed E-state index contributed by atoms with van der Waals surface area (Å²) < 4.78 is 11.2. The van der Waals surface area contributed by atoms with Crippen LogP contribution >= 0.6 is 0 Å². The number of nitrogens with one attached hydrogen (secondary N) is 1. The normalized spacial score (nSPS) is 16.9. The van der Waals surface area contributed by atoms with Crippen molar-refractivity contribution in [1.82, 2.24) is 15.1 Å². The summed E-state index contributed by atoms with van der Waals surface area (Å²) in [7, 11) is 1.56. The number of nitrogens with zero attached hydrogens (tertiary/aromatic N) is 2. The molecule has 120 valence electrons. The Balaban J connectivity index is 1.77. The van der Waals surface area contributed by atoms with Crippen molar-refractivity contribution in [2.75, 3.05) is 13.7 Å². The fourth-order valence-corrected chi connectivity index (χ4v) is 2.25. The largest absolute Gasteiger partial charge is 0.504 e. The van der Waals surface area contributed by atoms with E-state index < -0.39 is 11.9 Å². The van der Waals surface area contributed by atoms with Gasteiger partial charge in [-0.1, -0.05) is 0 Å². The molecule has 1 aliphatic rings. The zero-order valence-electron chi connectivity index (χ0n) is 12.4. The minimum atomic E-state index is -0.557.